The van der Waals surface area contributed by atoms with Crippen molar-refractivity contribution in [3.05, 3.63) is 73.8 Å². The third-order valence-corrected chi connectivity index (χ3v) is 4.34. The molecule has 0 fully saturated rings. The molecular weight excluding hydrogens is 514 g/mol. The van der Waals surface area contributed by atoms with Crippen LogP contribution in [-0.2, 0) is 20.1 Å². The van der Waals surface area contributed by atoms with Gasteiger partial charge in [-0.25, -0.2) is 0 Å². The van der Waals surface area contributed by atoms with Crippen LogP contribution < -0.4 is 0 Å². The third-order valence-electron chi connectivity index (χ3n) is 4.34. The molecule has 139 valence electrons. The van der Waals surface area contributed by atoms with Gasteiger partial charge in [-0.05, 0) is 36.0 Å². The molecule has 0 bridgehead atoms. The fraction of sp³-hybridized carbons (Fsp3) is 0.136. The maximum atomic E-state index is 8.30. The summed E-state index contributed by atoms with van der Waals surface area (Å²) in [5, 5.41) is 10.4. The van der Waals surface area contributed by atoms with E-state index in [2.05, 4.69) is 46.6 Å². The SMILES string of the molecule is [CH2-]CC(C)O.[Ir].[c-]1ccnc2c1c1nc3ccccc3n1c1ccccc21. The Balaban J connectivity index is 0.000000315. The summed E-state index contributed by atoms with van der Waals surface area (Å²) in [4.78, 5) is 9.33. The Labute approximate surface area is 171 Å². The summed E-state index contributed by atoms with van der Waals surface area (Å²) in [5.41, 5.74) is 5.10. The molecule has 5 heteroatoms. The van der Waals surface area contributed by atoms with E-state index in [0.717, 1.165) is 38.5 Å². The predicted molar refractivity (Wildman–Crippen MR) is 106 cm³/mol. The minimum Gasteiger partial charge on any atom is -0.396 e. The third kappa shape index (κ3) is 3.46. The van der Waals surface area contributed by atoms with Crippen molar-refractivity contribution in [2.75, 3.05) is 0 Å². The van der Waals surface area contributed by atoms with Gasteiger partial charge >= 0.3 is 0 Å². The smallest absolute Gasteiger partial charge is 0.0774 e. The van der Waals surface area contributed by atoms with E-state index in [1.54, 1.807) is 13.1 Å². The summed E-state index contributed by atoms with van der Waals surface area (Å²) in [6.45, 7) is 5.15. The van der Waals surface area contributed by atoms with Gasteiger partial charge in [-0.2, -0.15) is 6.42 Å². The van der Waals surface area contributed by atoms with E-state index in [0.29, 0.717) is 6.42 Å². The standard InChI is InChI=1S/C18H10N3.C4H9O.Ir/c1-3-9-15-12(6-1)17-13(7-5-11-19-17)18-20-14-8-2-4-10-16(14)21(15)18;1-3-4(2)5;/h1-6,8-11H;4-5H,1,3H2,2H3;/q2*-1;. The van der Waals surface area contributed by atoms with E-state index in [1.165, 1.54) is 0 Å². The van der Waals surface area contributed by atoms with E-state index < -0.39 is 0 Å². The monoisotopic (exact) mass is 534 g/mol. The van der Waals surface area contributed by atoms with Crippen LogP contribution in [0.1, 0.15) is 13.3 Å². The Hall–Kier alpha value is -2.33. The van der Waals surface area contributed by atoms with E-state index in [4.69, 9.17) is 10.1 Å². The van der Waals surface area contributed by atoms with Gasteiger partial charge in [-0.15, -0.1) is 12.1 Å². The molecule has 1 atom stereocenters. The van der Waals surface area contributed by atoms with Gasteiger partial charge in [-0.1, -0.05) is 41.9 Å². The van der Waals surface area contributed by atoms with Gasteiger partial charge in [0.25, 0.3) is 0 Å². The van der Waals surface area contributed by atoms with Crippen LogP contribution in [0.4, 0.5) is 0 Å². The van der Waals surface area contributed by atoms with Gasteiger partial charge in [0.15, 0.2) is 0 Å². The van der Waals surface area contributed by atoms with Crippen molar-refractivity contribution in [2.24, 2.45) is 0 Å². The number of hydrogen-bond acceptors (Lipinski definition) is 3. The molecule has 1 N–H and O–H groups in total. The molecule has 0 saturated carbocycles. The average Bonchev–Trinajstić information content (AvgIpc) is 3.09. The molecule has 4 nitrogen and oxygen atoms in total. The number of rotatable bonds is 1. The van der Waals surface area contributed by atoms with Gasteiger partial charge < -0.3 is 21.4 Å². The van der Waals surface area contributed by atoms with Gasteiger partial charge in [0.1, 0.15) is 0 Å². The minimum atomic E-state index is -0.227. The summed E-state index contributed by atoms with van der Waals surface area (Å²) in [6, 6.07) is 21.7. The van der Waals surface area contributed by atoms with Crippen LogP contribution >= 0.6 is 0 Å². The molecule has 0 aliphatic rings. The first-order chi connectivity index (χ1) is 12.7. The summed E-state index contributed by atoms with van der Waals surface area (Å²) in [7, 11) is 0. The van der Waals surface area contributed by atoms with Crippen molar-refractivity contribution >= 4 is 38.5 Å². The molecule has 0 saturated heterocycles. The first-order valence-corrected chi connectivity index (χ1v) is 8.62. The number of para-hydroxylation sites is 3. The van der Waals surface area contributed by atoms with Crippen molar-refractivity contribution in [3.63, 3.8) is 0 Å². The largest absolute Gasteiger partial charge is 0.396 e. The topological polar surface area (TPSA) is 50.4 Å². The van der Waals surface area contributed by atoms with E-state index in [9.17, 15) is 0 Å². The predicted octanol–water partition coefficient (Wildman–Crippen LogP) is 4.58. The molecule has 5 aromatic rings. The first-order valence-electron chi connectivity index (χ1n) is 8.62. The van der Waals surface area contributed by atoms with Gasteiger partial charge in [0, 0.05) is 31.7 Å². The molecule has 0 amide bonds. The Morgan fingerprint density at radius 3 is 2.52 bits per heavy atom. The van der Waals surface area contributed by atoms with Crippen molar-refractivity contribution in [2.45, 2.75) is 19.4 Å². The van der Waals surface area contributed by atoms with E-state index in [1.807, 2.05) is 30.3 Å². The number of nitrogens with zero attached hydrogens (tertiary/aromatic N) is 3. The second kappa shape index (κ2) is 8.13. The summed E-state index contributed by atoms with van der Waals surface area (Å²) < 4.78 is 2.20. The van der Waals surface area contributed by atoms with E-state index in [-0.39, 0.29) is 26.2 Å². The van der Waals surface area contributed by atoms with Crippen LogP contribution in [0.2, 0.25) is 0 Å². The number of benzene rings is 2. The Morgan fingerprint density at radius 2 is 1.78 bits per heavy atom. The molecule has 0 aliphatic carbocycles. The van der Waals surface area contributed by atoms with Gasteiger partial charge in [-0.3, -0.25) is 4.98 Å². The minimum absolute atomic E-state index is 0. The maximum Gasteiger partial charge on any atom is 0.0774 e. The van der Waals surface area contributed by atoms with Crippen LogP contribution in [0.15, 0.2) is 60.8 Å². The second-order valence-corrected chi connectivity index (χ2v) is 6.23. The summed E-state index contributed by atoms with van der Waals surface area (Å²) in [6.07, 6.45) is 2.17. The number of aliphatic hydroxyl groups excluding tert-OH is 1. The molecule has 1 unspecified atom stereocenters. The number of pyridine rings is 2. The van der Waals surface area contributed by atoms with E-state index >= 15 is 0 Å². The Morgan fingerprint density at radius 1 is 1.11 bits per heavy atom. The van der Waals surface area contributed by atoms with Gasteiger partial charge in [0.05, 0.1) is 16.7 Å². The fourth-order valence-corrected chi connectivity index (χ4v) is 3.05. The molecular formula is C22H19IrN3O-2. The number of hydrogen-bond donors (Lipinski definition) is 1. The van der Waals surface area contributed by atoms with Crippen molar-refractivity contribution in [1.29, 1.82) is 0 Å². The average molecular weight is 534 g/mol. The molecule has 0 spiro atoms. The van der Waals surface area contributed by atoms with Crippen LogP contribution in [0.25, 0.3) is 38.5 Å². The van der Waals surface area contributed by atoms with Crippen LogP contribution in [0.5, 0.6) is 0 Å². The van der Waals surface area contributed by atoms with Gasteiger partial charge in [0.2, 0.25) is 0 Å². The zero-order chi connectivity index (χ0) is 18.1. The zero-order valence-electron chi connectivity index (χ0n) is 14.9. The number of aromatic nitrogens is 3. The summed E-state index contributed by atoms with van der Waals surface area (Å²) >= 11 is 0. The van der Waals surface area contributed by atoms with Crippen LogP contribution in [0.3, 0.4) is 0 Å². The molecule has 3 aromatic heterocycles. The molecule has 27 heavy (non-hydrogen) atoms. The molecule has 0 aliphatic heterocycles. The number of aliphatic hydroxyl groups is 1. The maximum absolute atomic E-state index is 8.30. The van der Waals surface area contributed by atoms with Crippen molar-refractivity contribution < 1.29 is 25.2 Å². The quantitative estimate of drug-likeness (QED) is 0.254. The molecule has 5 rings (SSSR count). The first kappa shape index (κ1) is 19.4. The van der Waals surface area contributed by atoms with Crippen LogP contribution in [-0.4, -0.2) is 25.6 Å². The number of imidazole rings is 1. The Kier molecular flexibility index (Phi) is 5.85. The Bertz CT molecular complexity index is 1210. The normalized spacial score (nSPS) is 12.0. The molecule has 1 radical (unpaired) electrons. The number of fused-ring (bicyclic) bond motifs is 8. The second-order valence-electron chi connectivity index (χ2n) is 6.23. The van der Waals surface area contributed by atoms with Crippen molar-refractivity contribution in [1.82, 2.24) is 14.4 Å². The van der Waals surface area contributed by atoms with Crippen molar-refractivity contribution in [3.8, 4) is 0 Å². The molecule has 2 aromatic carbocycles. The van der Waals surface area contributed by atoms with Crippen LogP contribution in [0, 0.1) is 13.0 Å². The molecule has 3 heterocycles. The fourth-order valence-electron chi connectivity index (χ4n) is 3.05. The zero-order valence-corrected chi connectivity index (χ0v) is 17.3. The summed E-state index contributed by atoms with van der Waals surface area (Å²) in [5.74, 6) is 0.